The van der Waals surface area contributed by atoms with Crippen LogP contribution in [-0.2, 0) is 15.9 Å². The molecule has 58 valence electrons. The van der Waals surface area contributed by atoms with Gasteiger partial charge in [0.15, 0.2) is 0 Å². The Morgan fingerprint density at radius 3 is 2.27 bits per heavy atom. The molecule has 0 radical (unpaired) electrons. The highest BCUT2D eigenvalue weighted by atomic mass is 35.5. The Kier molecular flexibility index (Phi) is 3.07. The van der Waals surface area contributed by atoms with Gasteiger partial charge >= 0.3 is 16.6 Å². The van der Waals surface area contributed by atoms with E-state index in [1.807, 2.05) is 0 Å². The molecular weight excluding hydrogens is 226 g/mol. The molecule has 1 aromatic rings. The van der Waals surface area contributed by atoms with Crippen LogP contribution >= 0.6 is 34.8 Å². The molecule has 0 spiro atoms. The molecule has 5 heteroatoms. The highest BCUT2D eigenvalue weighted by Crippen LogP contribution is 2.32. The standard InChI is InChI=1S/C6H2Cl3OS/c7-3-1-2-4(11-10)6(9)5(3)8/h1-2H/q+1. The first-order valence-electron chi connectivity index (χ1n) is 2.60. The minimum absolute atomic E-state index is 0.221. The summed E-state index contributed by atoms with van der Waals surface area (Å²) >= 11 is 17.2. The third kappa shape index (κ3) is 1.82. The zero-order chi connectivity index (χ0) is 8.43. The van der Waals surface area contributed by atoms with Gasteiger partial charge in [0.25, 0.3) is 0 Å². The van der Waals surface area contributed by atoms with Crippen LogP contribution in [0, 0.1) is 0 Å². The van der Waals surface area contributed by atoms with E-state index in [0.717, 1.165) is 0 Å². The molecule has 1 rings (SSSR count). The van der Waals surface area contributed by atoms with Crippen molar-refractivity contribution in [1.82, 2.24) is 0 Å². The SMILES string of the molecule is O=[S+]c1ccc(Cl)c(Cl)c1Cl. The summed E-state index contributed by atoms with van der Waals surface area (Å²) in [4.78, 5) is 0.390. The molecule has 0 aliphatic carbocycles. The van der Waals surface area contributed by atoms with Crippen molar-refractivity contribution in [2.24, 2.45) is 0 Å². The normalized spacial score (nSPS) is 9.73. The molecule has 11 heavy (non-hydrogen) atoms. The summed E-state index contributed by atoms with van der Waals surface area (Å²) in [6, 6.07) is 3.07. The van der Waals surface area contributed by atoms with E-state index in [0.29, 0.717) is 21.6 Å². The molecule has 0 unspecified atom stereocenters. The van der Waals surface area contributed by atoms with Crippen molar-refractivity contribution in [2.45, 2.75) is 4.90 Å². The van der Waals surface area contributed by atoms with Crippen LogP contribution in [0.1, 0.15) is 0 Å². The number of rotatable bonds is 1. The van der Waals surface area contributed by atoms with Crippen molar-refractivity contribution in [3.05, 3.63) is 27.2 Å². The first-order chi connectivity index (χ1) is 5.16. The average Bonchev–Trinajstić information content (AvgIpc) is 2.01. The van der Waals surface area contributed by atoms with Crippen molar-refractivity contribution in [3.63, 3.8) is 0 Å². The number of hydrogen-bond acceptors (Lipinski definition) is 1. The highest BCUT2D eigenvalue weighted by Gasteiger charge is 2.17. The summed E-state index contributed by atoms with van der Waals surface area (Å²) in [5.41, 5.74) is 0. The van der Waals surface area contributed by atoms with Gasteiger partial charge < -0.3 is 0 Å². The molecule has 0 aromatic heterocycles. The summed E-state index contributed by atoms with van der Waals surface area (Å²) in [6.45, 7) is 0. The van der Waals surface area contributed by atoms with E-state index in [9.17, 15) is 4.21 Å². The molecular formula is C6H2Cl3OS+. The molecule has 0 saturated heterocycles. The summed E-state index contributed by atoms with van der Waals surface area (Å²) in [6.07, 6.45) is 0. The Hall–Kier alpha value is 0.110. The third-order valence-electron chi connectivity index (χ3n) is 1.09. The lowest BCUT2D eigenvalue weighted by molar-refractivity contribution is 0.605. The van der Waals surface area contributed by atoms with Crippen molar-refractivity contribution >= 4 is 46.5 Å². The van der Waals surface area contributed by atoms with Crippen molar-refractivity contribution in [1.29, 1.82) is 0 Å². The smallest absolute Gasteiger partial charge is 0.0826 e. The van der Waals surface area contributed by atoms with Gasteiger partial charge in [-0.15, -0.1) is 0 Å². The van der Waals surface area contributed by atoms with Crippen molar-refractivity contribution in [3.8, 4) is 0 Å². The van der Waals surface area contributed by atoms with E-state index >= 15 is 0 Å². The summed E-state index contributed by atoms with van der Waals surface area (Å²) < 4.78 is 10.3. The van der Waals surface area contributed by atoms with E-state index < -0.39 is 0 Å². The Balaban J connectivity index is 3.36. The summed E-state index contributed by atoms with van der Waals surface area (Å²) in [5.74, 6) is 0. The van der Waals surface area contributed by atoms with Gasteiger partial charge in [-0.25, -0.2) is 0 Å². The fourth-order valence-corrected chi connectivity index (χ4v) is 1.56. The number of benzene rings is 1. The van der Waals surface area contributed by atoms with Crippen LogP contribution in [0.5, 0.6) is 0 Å². The van der Waals surface area contributed by atoms with E-state index in [-0.39, 0.29) is 10.0 Å². The topological polar surface area (TPSA) is 17.1 Å². The zero-order valence-corrected chi connectivity index (χ0v) is 8.19. The van der Waals surface area contributed by atoms with Gasteiger partial charge in [-0.3, -0.25) is 0 Å². The minimum Gasteiger partial charge on any atom is -0.0826 e. The first kappa shape index (κ1) is 9.20. The quantitative estimate of drug-likeness (QED) is 0.532. The lowest BCUT2D eigenvalue weighted by Gasteiger charge is -1.93. The van der Waals surface area contributed by atoms with Crippen LogP contribution in [0.2, 0.25) is 15.1 Å². The maximum atomic E-state index is 10.3. The van der Waals surface area contributed by atoms with Gasteiger partial charge in [0.1, 0.15) is 5.02 Å². The highest BCUT2D eigenvalue weighted by molar-refractivity contribution is 7.65. The number of halogens is 3. The molecule has 0 N–H and O–H groups in total. The van der Waals surface area contributed by atoms with E-state index in [2.05, 4.69) is 0 Å². The monoisotopic (exact) mass is 227 g/mol. The van der Waals surface area contributed by atoms with E-state index in [1.165, 1.54) is 12.1 Å². The van der Waals surface area contributed by atoms with Crippen molar-refractivity contribution < 1.29 is 4.21 Å². The lowest BCUT2D eigenvalue weighted by Crippen LogP contribution is -1.78. The Morgan fingerprint density at radius 1 is 1.09 bits per heavy atom. The van der Waals surface area contributed by atoms with Crippen LogP contribution in [-0.4, -0.2) is 0 Å². The largest absolute Gasteiger partial charge is 0.506 e. The molecule has 0 aliphatic heterocycles. The second-order valence-corrected chi connectivity index (χ2v) is 3.53. The van der Waals surface area contributed by atoms with Crippen LogP contribution in [0.4, 0.5) is 0 Å². The minimum atomic E-state index is 0.221. The van der Waals surface area contributed by atoms with Crippen LogP contribution in [0.3, 0.4) is 0 Å². The maximum absolute atomic E-state index is 10.3. The van der Waals surface area contributed by atoms with Gasteiger partial charge in [0.05, 0.1) is 10.0 Å². The Labute approximate surface area is 82.7 Å². The molecule has 0 bridgehead atoms. The van der Waals surface area contributed by atoms with Gasteiger partial charge in [0, 0.05) is 10.3 Å². The average molecular weight is 229 g/mol. The first-order valence-corrected chi connectivity index (χ1v) is 4.47. The van der Waals surface area contributed by atoms with Gasteiger partial charge in [-0.2, -0.15) is 0 Å². The predicted octanol–water partition coefficient (Wildman–Crippen LogP) is 3.43. The Bertz CT molecular complexity index is 300. The second-order valence-electron chi connectivity index (χ2n) is 1.76. The fraction of sp³-hybridized carbons (Fsp3) is 0. The molecule has 0 aliphatic rings. The molecule has 0 fully saturated rings. The molecule has 0 atom stereocenters. The van der Waals surface area contributed by atoms with E-state index in [1.54, 1.807) is 0 Å². The second kappa shape index (κ2) is 3.68. The fourth-order valence-electron chi connectivity index (χ4n) is 0.573. The molecule has 0 saturated carbocycles. The lowest BCUT2D eigenvalue weighted by atomic mass is 10.4. The zero-order valence-electron chi connectivity index (χ0n) is 5.11. The molecule has 1 nitrogen and oxygen atoms in total. The van der Waals surface area contributed by atoms with Crippen LogP contribution in [0.25, 0.3) is 0 Å². The molecule has 0 heterocycles. The van der Waals surface area contributed by atoms with Crippen molar-refractivity contribution in [2.75, 3.05) is 0 Å². The maximum Gasteiger partial charge on any atom is 0.506 e. The van der Waals surface area contributed by atoms with E-state index in [4.69, 9.17) is 34.8 Å². The Morgan fingerprint density at radius 2 is 1.73 bits per heavy atom. The summed E-state index contributed by atoms with van der Waals surface area (Å²) in [5, 5.41) is 0.808. The number of hydrogen-bond donors (Lipinski definition) is 0. The van der Waals surface area contributed by atoms with Crippen LogP contribution < -0.4 is 0 Å². The summed E-state index contributed by atoms with van der Waals surface area (Å²) in [7, 11) is 0. The van der Waals surface area contributed by atoms with Gasteiger partial charge in [0.2, 0.25) is 0 Å². The van der Waals surface area contributed by atoms with Gasteiger partial charge in [-0.1, -0.05) is 34.8 Å². The molecule has 1 aromatic carbocycles. The van der Waals surface area contributed by atoms with Gasteiger partial charge in [-0.05, 0) is 6.07 Å². The van der Waals surface area contributed by atoms with Crippen LogP contribution in [0.15, 0.2) is 17.0 Å². The molecule has 0 amide bonds. The third-order valence-corrected chi connectivity index (χ3v) is 3.01. The predicted molar refractivity (Wildman–Crippen MR) is 47.8 cm³/mol.